The highest BCUT2D eigenvalue weighted by atomic mass is 16.3. The fraction of sp³-hybridized carbons (Fsp3) is 1.00. The Morgan fingerprint density at radius 2 is 1.94 bits per heavy atom. The molecule has 1 fully saturated rings. The fourth-order valence-corrected chi connectivity index (χ4v) is 2.62. The smallest absolute Gasteiger partial charge is 0.0597 e. The van der Waals surface area contributed by atoms with Crippen LogP contribution in [0.25, 0.3) is 0 Å². The van der Waals surface area contributed by atoms with Crippen molar-refractivity contribution >= 4 is 0 Å². The molecule has 0 aromatic rings. The molecule has 1 unspecified atom stereocenters. The molecule has 0 spiro atoms. The van der Waals surface area contributed by atoms with Crippen LogP contribution in [0.1, 0.15) is 46.5 Å². The van der Waals surface area contributed by atoms with Crippen LogP contribution in [0.3, 0.4) is 0 Å². The van der Waals surface area contributed by atoms with Gasteiger partial charge in [-0.1, -0.05) is 13.3 Å². The van der Waals surface area contributed by atoms with Crippen molar-refractivity contribution in [2.45, 2.75) is 64.6 Å². The molecule has 0 radical (unpaired) electrons. The largest absolute Gasteiger partial charge is 0.395 e. The van der Waals surface area contributed by atoms with E-state index in [9.17, 15) is 5.11 Å². The molecule has 0 aromatic heterocycles. The molecule has 3 nitrogen and oxygen atoms in total. The Bertz CT molecular complexity index is 177. The first kappa shape index (κ1) is 13.9. The maximum Gasteiger partial charge on any atom is 0.0597 e. The summed E-state index contributed by atoms with van der Waals surface area (Å²) in [6.07, 6.45) is 5.08. The van der Waals surface area contributed by atoms with Gasteiger partial charge in [0, 0.05) is 24.7 Å². The molecule has 0 amide bonds. The van der Waals surface area contributed by atoms with E-state index in [1.165, 1.54) is 19.3 Å². The molecule has 96 valence electrons. The average molecular weight is 228 g/mol. The first-order valence-electron chi connectivity index (χ1n) is 6.79. The molecule has 1 rings (SSSR count). The van der Waals surface area contributed by atoms with Crippen LogP contribution < -0.4 is 5.32 Å². The van der Waals surface area contributed by atoms with E-state index >= 15 is 0 Å². The number of likely N-dealkylation sites (tertiary alicyclic amines) is 1. The molecular formula is C13H28N2O. The summed E-state index contributed by atoms with van der Waals surface area (Å²) < 4.78 is 0. The number of nitrogens with zero attached hydrogens (tertiary/aromatic N) is 1. The minimum absolute atomic E-state index is 0.239. The van der Waals surface area contributed by atoms with Gasteiger partial charge in [-0.25, -0.2) is 0 Å². The van der Waals surface area contributed by atoms with Gasteiger partial charge in [-0.3, -0.25) is 4.90 Å². The van der Waals surface area contributed by atoms with Crippen LogP contribution in [0.15, 0.2) is 0 Å². The van der Waals surface area contributed by atoms with Crippen LogP contribution >= 0.6 is 0 Å². The maximum absolute atomic E-state index is 9.37. The summed E-state index contributed by atoms with van der Waals surface area (Å²) in [5, 5.41) is 12.8. The molecule has 0 aliphatic carbocycles. The first-order chi connectivity index (χ1) is 7.69. The van der Waals surface area contributed by atoms with Gasteiger partial charge in [-0.2, -0.15) is 0 Å². The Morgan fingerprint density at radius 1 is 1.31 bits per heavy atom. The topological polar surface area (TPSA) is 35.5 Å². The average Bonchev–Trinajstić information content (AvgIpc) is 2.28. The first-order valence-corrected chi connectivity index (χ1v) is 6.79. The number of aliphatic hydroxyl groups is 1. The molecule has 3 heteroatoms. The van der Waals surface area contributed by atoms with Gasteiger partial charge in [0.25, 0.3) is 0 Å². The lowest BCUT2D eigenvalue weighted by molar-refractivity contribution is 0.0784. The van der Waals surface area contributed by atoms with E-state index < -0.39 is 0 Å². The molecular weight excluding hydrogens is 200 g/mol. The second kappa shape index (κ2) is 7.25. The molecule has 0 bridgehead atoms. The lowest BCUT2D eigenvalue weighted by Gasteiger charge is -2.40. The summed E-state index contributed by atoms with van der Waals surface area (Å²) in [6, 6.07) is 1.57. The van der Waals surface area contributed by atoms with Gasteiger partial charge in [0.1, 0.15) is 0 Å². The summed E-state index contributed by atoms with van der Waals surface area (Å²) in [6.45, 7) is 9.01. The number of hydrogen-bond acceptors (Lipinski definition) is 3. The Hall–Kier alpha value is -0.120. The van der Waals surface area contributed by atoms with Crippen LogP contribution in [0.4, 0.5) is 0 Å². The second-order valence-corrected chi connectivity index (χ2v) is 5.16. The van der Waals surface area contributed by atoms with Crippen molar-refractivity contribution in [3.05, 3.63) is 0 Å². The Balaban J connectivity index is 2.41. The van der Waals surface area contributed by atoms with Crippen LogP contribution in [0.2, 0.25) is 0 Å². The SMILES string of the molecule is CCCNC(CO)CN1[C@H](C)CCC[C@@H]1C. The molecule has 1 aliphatic rings. The van der Waals surface area contributed by atoms with Crippen LogP contribution in [0, 0.1) is 0 Å². The number of hydrogen-bond donors (Lipinski definition) is 2. The van der Waals surface area contributed by atoms with Crippen molar-refractivity contribution in [3.8, 4) is 0 Å². The number of nitrogens with one attached hydrogen (secondary N) is 1. The predicted octanol–water partition coefficient (Wildman–Crippen LogP) is 1.61. The summed E-state index contributed by atoms with van der Waals surface area (Å²) in [5.41, 5.74) is 0. The summed E-state index contributed by atoms with van der Waals surface area (Å²) in [4.78, 5) is 2.55. The van der Waals surface area contributed by atoms with E-state index in [1.54, 1.807) is 0 Å². The number of aliphatic hydroxyl groups excluding tert-OH is 1. The zero-order chi connectivity index (χ0) is 12.0. The van der Waals surface area contributed by atoms with Crippen molar-refractivity contribution in [2.75, 3.05) is 19.7 Å². The summed E-state index contributed by atoms with van der Waals surface area (Å²) in [7, 11) is 0. The Morgan fingerprint density at radius 3 is 2.44 bits per heavy atom. The van der Waals surface area contributed by atoms with E-state index in [0.29, 0.717) is 12.1 Å². The van der Waals surface area contributed by atoms with Gasteiger partial charge < -0.3 is 10.4 Å². The van der Waals surface area contributed by atoms with Gasteiger partial charge in [-0.15, -0.1) is 0 Å². The molecule has 1 saturated heterocycles. The van der Waals surface area contributed by atoms with Crippen molar-refractivity contribution in [2.24, 2.45) is 0 Å². The monoisotopic (exact) mass is 228 g/mol. The molecule has 2 N–H and O–H groups in total. The van der Waals surface area contributed by atoms with Gasteiger partial charge >= 0.3 is 0 Å². The van der Waals surface area contributed by atoms with E-state index in [1.807, 2.05) is 0 Å². The van der Waals surface area contributed by atoms with Crippen LogP contribution in [-0.2, 0) is 0 Å². The number of piperidine rings is 1. The highest BCUT2D eigenvalue weighted by Crippen LogP contribution is 2.22. The maximum atomic E-state index is 9.37. The van der Waals surface area contributed by atoms with Crippen molar-refractivity contribution in [1.82, 2.24) is 10.2 Å². The highest BCUT2D eigenvalue weighted by molar-refractivity contribution is 4.83. The predicted molar refractivity (Wildman–Crippen MR) is 68.6 cm³/mol. The van der Waals surface area contributed by atoms with E-state index in [-0.39, 0.29) is 12.6 Å². The molecule has 16 heavy (non-hydrogen) atoms. The van der Waals surface area contributed by atoms with Crippen molar-refractivity contribution < 1.29 is 5.11 Å². The zero-order valence-electron chi connectivity index (χ0n) is 11.1. The standard InChI is InChI=1S/C13H28N2O/c1-4-8-14-13(10-16)9-15-11(2)6-5-7-12(15)3/h11-14,16H,4-10H2,1-3H3/t11-,12+,13?. The lowest BCUT2D eigenvalue weighted by Crippen LogP contribution is -2.51. The van der Waals surface area contributed by atoms with Gasteiger partial charge in [0.2, 0.25) is 0 Å². The number of rotatable bonds is 6. The minimum atomic E-state index is 0.239. The summed E-state index contributed by atoms with van der Waals surface area (Å²) >= 11 is 0. The molecule has 1 heterocycles. The van der Waals surface area contributed by atoms with E-state index in [0.717, 1.165) is 19.5 Å². The quantitative estimate of drug-likeness (QED) is 0.725. The highest BCUT2D eigenvalue weighted by Gasteiger charge is 2.26. The normalized spacial score (nSPS) is 29.2. The third kappa shape index (κ3) is 4.04. The fourth-order valence-electron chi connectivity index (χ4n) is 2.62. The Kier molecular flexibility index (Phi) is 6.32. The lowest BCUT2D eigenvalue weighted by atomic mass is 9.97. The minimum Gasteiger partial charge on any atom is -0.395 e. The van der Waals surface area contributed by atoms with Gasteiger partial charge in [-0.05, 0) is 39.7 Å². The molecule has 0 saturated carbocycles. The third-order valence-electron chi connectivity index (χ3n) is 3.71. The van der Waals surface area contributed by atoms with Crippen LogP contribution in [-0.4, -0.2) is 47.8 Å². The third-order valence-corrected chi connectivity index (χ3v) is 3.71. The molecule has 3 atom stereocenters. The van der Waals surface area contributed by atoms with Gasteiger partial charge in [0.15, 0.2) is 0 Å². The van der Waals surface area contributed by atoms with Crippen molar-refractivity contribution in [3.63, 3.8) is 0 Å². The molecule has 1 aliphatic heterocycles. The zero-order valence-corrected chi connectivity index (χ0v) is 11.1. The van der Waals surface area contributed by atoms with Crippen LogP contribution in [0.5, 0.6) is 0 Å². The van der Waals surface area contributed by atoms with Gasteiger partial charge in [0.05, 0.1) is 6.61 Å². The van der Waals surface area contributed by atoms with E-state index in [2.05, 4.69) is 31.0 Å². The summed E-state index contributed by atoms with van der Waals surface area (Å²) in [5.74, 6) is 0. The van der Waals surface area contributed by atoms with E-state index in [4.69, 9.17) is 0 Å². The Labute approximate surface area is 100 Å². The molecule has 0 aromatic carbocycles. The second-order valence-electron chi connectivity index (χ2n) is 5.16. The van der Waals surface area contributed by atoms with Crippen molar-refractivity contribution in [1.29, 1.82) is 0 Å².